The van der Waals surface area contributed by atoms with Gasteiger partial charge in [0.05, 0.1) is 6.10 Å². The molecule has 1 aromatic rings. The number of hydrogen-bond acceptors (Lipinski definition) is 5. The Morgan fingerprint density at radius 3 is 3.11 bits per heavy atom. The molecule has 0 aromatic carbocycles. The van der Waals surface area contributed by atoms with Crippen molar-refractivity contribution in [1.82, 2.24) is 14.8 Å². The summed E-state index contributed by atoms with van der Waals surface area (Å²) in [6, 6.07) is 0. The fourth-order valence-corrected chi connectivity index (χ4v) is 3.17. The molecule has 5 nitrogen and oxygen atoms in total. The second kappa shape index (κ2) is 7.11. The zero-order valence-corrected chi connectivity index (χ0v) is 11.8. The minimum atomic E-state index is 0.495. The first-order valence-corrected chi connectivity index (χ1v) is 7.64. The number of thioether (sulfide) groups is 1. The van der Waals surface area contributed by atoms with Gasteiger partial charge in [0.25, 0.3) is 0 Å². The van der Waals surface area contributed by atoms with Crippen LogP contribution in [0, 0.1) is 6.92 Å². The molecular formula is C12H22N4OS. The summed E-state index contributed by atoms with van der Waals surface area (Å²) >= 11 is 1.77. The van der Waals surface area contributed by atoms with E-state index < -0.39 is 0 Å². The van der Waals surface area contributed by atoms with Crippen molar-refractivity contribution in [2.24, 2.45) is 5.73 Å². The summed E-state index contributed by atoms with van der Waals surface area (Å²) < 4.78 is 7.71. The molecule has 0 spiro atoms. The Kier molecular flexibility index (Phi) is 5.46. The van der Waals surface area contributed by atoms with Crippen LogP contribution in [0.2, 0.25) is 0 Å². The smallest absolute Gasteiger partial charge is 0.191 e. The van der Waals surface area contributed by atoms with E-state index in [1.165, 1.54) is 19.3 Å². The molecule has 18 heavy (non-hydrogen) atoms. The third kappa shape index (κ3) is 3.70. The molecule has 2 N–H and O–H groups in total. The average molecular weight is 270 g/mol. The van der Waals surface area contributed by atoms with Gasteiger partial charge in [0.15, 0.2) is 5.16 Å². The van der Waals surface area contributed by atoms with E-state index in [9.17, 15) is 0 Å². The van der Waals surface area contributed by atoms with Crippen molar-refractivity contribution in [3.05, 3.63) is 5.82 Å². The second-order valence-corrected chi connectivity index (χ2v) is 5.66. The van der Waals surface area contributed by atoms with Crippen LogP contribution < -0.4 is 5.73 Å². The molecule has 102 valence electrons. The van der Waals surface area contributed by atoms with Crippen molar-refractivity contribution in [1.29, 1.82) is 0 Å². The molecule has 0 saturated carbocycles. The van der Waals surface area contributed by atoms with Gasteiger partial charge < -0.3 is 15.0 Å². The lowest BCUT2D eigenvalue weighted by molar-refractivity contribution is 0.104. The van der Waals surface area contributed by atoms with Gasteiger partial charge in [-0.15, -0.1) is 10.2 Å². The molecule has 1 aliphatic heterocycles. The topological polar surface area (TPSA) is 66.0 Å². The molecule has 2 heterocycles. The predicted molar refractivity (Wildman–Crippen MR) is 72.7 cm³/mol. The van der Waals surface area contributed by atoms with Crippen molar-refractivity contribution >= 4 is 11.8 Å². The van der Waals surface area contributed by atoms with E-state index in [0.29, 0.717) is 12.6 Å². The van der Waals surface area contributed by atoms with Crippen molar-refractivity contribution in [2.75, 3.05) is 18.9 Å². The first-order valence-electron chi connectivity index (χ1n) is 6.65. The van der Waals surface area contributed by atoms with E-state index >= 15 is 0 Å². The summed E-state index contributed by atoms with van der Waals surface area (Å²) in [5.74, 6) is 2.02. The fourth-order valence-electron chi connectivity index (χ4n) is 2.20. The van der Waals surface area contributed by atoms with Crippen LogP contribution in [0.25, 0.3) is 0 Å². The van der Waals surface area contributed by atoms with Crippen LogP contribution in [0.4, 0.5) is 0 Å². The highest BCUT2D eigenvalue weighted by Crippen LogP contribution is 2.21. The summed E-state index contributed by atoms with van der Waals surface area (Å²) in [4.78, 5) is 0. The van der Waals surface area contributed by atoms with Gasteiger partial charge in [0.2, 0.25) is 0 Å². The molecule has 2 rings (SSSR count). The maximum Gasteiger partial charge on any atom is 0.191 e. The van der Waals surface area contributed by atoms with E-state index in [-0.39, 0.29) is 0 Å². The third-order valence-electron chi connectivity index (χ3n) is 3.18. The van der Waals surface area contributed by atoms with Gasteiger partial charge in [0, 0.05) is 25.4 Å². The molecule has 1 aliphatic rings. The zero-order valence-electron chi connectivity index (χ0n) is 11.0. The van der Waals surface area contributed by atoms with Crippen molar-refractivity contribution in [2.45, 2.75) is 50.4 Å². The largest absolute Gasteiger partial charge is 0.378 e. The van der Waals surface area contributed by atoms with Gasteiger partial charge in [-0.3, -0.25) is 0 Å². The van der Waals surface area contributed by atoms with E-state index in [4.69, 9.17) is 10.5 Å². The van der Waals surface area contributed by atoms with E-state index in [0.717, 1.165) is 36.3 Å². The monoisotopic (exact) mass is 270 g/mol. The molecule has 0 aliphatic carbocycles. The van der Waals surface area contributed by atoms with Crippen LogP contribution in [0.5, 0.6) is 0 Å². The number of hydrogen-bond donors (Lipinski definition) is 1. The Labute approximate surface area is 112 Å². The maximum atomic E-state index is 5.61. The fraction of sp³-hybridized carbons (Fsp3) is 0.833. The highest BCUT2D eigenvalue weighted by atomic mass is 32.2. The molecule has 0 amide bonds. The molecule has 6 heteroatoms. The predicted octanol–water partition coefficient (Wildman–Crippen LogP) is 1.60. The Morgan fingerprint density at radius 1 is 1.50 bits per heavy atom. The second-order valence-electron chi connectivity index (χ2n) is 4.60. The maximum absolute atomic E-state index is 5.61. The average Bonchev–Trinajstić information content (AvgIpc) is 2.98. The SMILES string of the molecule is Cc1nnc(SCCCC2CCCO2)n1CCN. The molecule has 1 unspecified atom stereocenters. The number of ether oxygens (including phenoxy) is 1. The Hall–Kier alpha value is -0.590. The summed E-state index contributed by atoms with van der Waals surface area (Å²) in [5.41, 5.74) is 5.59. The summed E-state index contributed by atoms with van der Waals surface area (Å²) in [6.07, 6.45) is 5.28. The van der Waals surface area contributed by atoms with Gasteiger partial charge in [-0.1, -0.05) is 11.8 Å². The number of nitrogens with zero attached hydrogens (tertiary/aromatic N) is 3. The molecule has 1 aromatic heterocycles. The van der Waals surface area contributed by atoms with Gasteiger partial charge in [-0.05, 0) is 32.6 Å². The summed E-state index contributed by atoms with van der Waals surface area (Å²) in [7, 11) is 0. The molecule has 0 bridgehead atoms. The van der Waals surface area contributed by atoms with Crippen LogP contribution in [-0.4, -0.2) is 39.8 Å². The zero-order chi connectivity index (χ0) is 12.8. The first-order chi connectivity index (χ1) is 8.81. The van der Waals surface area contributed by atoms with Gasteiger partial charge in [-0.2, -0.15) is 0 Å². The highest BCUT2D eigenvalue weighted by molar-refractivity contribution is 7.99. The van der Waals surface area contributed by atoms with Crippen LogP contribution in [-0.2, 0) is 11.3 Å². The first kappa shape index (κ1) is 13.8. The highest BCUT2D eigenvalue weighted by Gasteiger charge is 2.15. The number of nitrogens with two attached hydrogens (primary N) is 1. The Balaban J connectivity index is 1.72. The summed E-state index contributed by atoms with van der Waals surface area (Å²) in [5, 5.41) is 9.29. The van der Waals surface area contributed by atoms with Crippen molar-refractivity contribution < 1.29 is 4.74 Å². The van der Waals surface area contributed by atoms with Crippen molar-refractivity contribution in [3.8, 4) is 0 Å². The van der Waals surface area contributed by atoms with Crippen LogP contribution >= 0.6 is 11.8 Å². The number of aromatic nitrogens is 3. The molecular weight excluding hydrogens is 248 g/mol. The van der Waals surface area contributed by atoms with E-state index in [2.05, 4.69) is 14.8 Å². The number of aryl methyl sites for hydroxylation is 1. The minimum absolute atomic E-state index is 0.495. The Morgan fingerprint density at radius 2 is 2.39 bits per heavy atom. The van der Waals surface area contributed by atoms with E-state index in [1.54, 1.807) is 11.8 Å². The number of rotatable bonds is 7. The lowest BCUT2D eigenvalue weighted by atomic mass is 10.1. The van der Waals surface area contributed by atoms with Crippen LogP contribution in [0.15, 0.2) is 5.16 Å². The lowest BCUT2D eigenvalue weighted by Gasteiger charge is -2.09. The quantitative estimate of drug-likeness (QED) is 0.602. The molecule has 1 fully saturated rings. The van der Waals surface area contributed by atoms with Gasteiger partial charge in [0.1, 0.15) is 5.82 Å². The van der Waals surface area contributed by atoms with Gasteiger partial charge >= 0.3 is 0 Å². The third-order valence-corrected chi connectivity index (χ3v) is 4.23. The standard InChI is InChI=1S/C12H22N4OS/c1-10-14-15-12(16(10)7-6-13)18-9-3-5-11-4-2-8-17-11/h11H,2-9,13H2,1H3. The van der Waals surface area contributed by atoms with Crippen LogP contribution in [0.3, 0.4) is 0 Å². The van der Waals surface area contributed by atoms with Crippen LogP contribution in [0.1, 0.15) is 31.5 Å². The normalized spacial score (nSPS) is 19.6. The molecule has 1 atom stereocenters. The Bertz CT molecular complexity index is 363. The molecule has 0 radical (unpaired) electrons. The minimum Gasteiger partial charge on any atom is -0.378 e. The van der Waals surface area contributed by atoms with Gasteiger partial charge in [-0.25, -0.2) is 0 Å². The van der Waals surface area contributed by atoms with Crippen molar-refractivity contribution in [3.63, 3.8) is 0 Å². The lowest BCUT2D eigenvalue weighted by Crippen LogP contribution is -2.12. The molecule has 1 saturated heterocycles. The van der Waals surface area contributed by atoms with E-state index in [1.807, 2.05) is 6.92 Å². The summed E-state index contributed by atoms with van der Waals surface area (Å²) in [6.45, 7) is 4.34.